The van der Waals surface area contributed by atoms with E-state index in [-0.39, 0.29) is 0 Å². The number of benzene rings is 2. The lowest BCUT2D eigenvalue weighted by Gasteiger charge is -2.09. The molecule has 0 saturated heterocycles. The van der Waals surface area contributed by atoms with Gasteiger partial charge in [-0.05, 0) is 52.3 Å². The molecule has 0 aliphatic heterocycles. The van der Waals surface area contributed by atoms with Crippen LogP contribution in [0.3, 0.4) is 0 Å². The molecule has 2 rings (SSSR count). The van der Waals surface area contributed by atoms with Gasteiger partial charge in [0.2, 0.25) is 0 Å². The summed E-state index contributed by atoms with van der Waals surface area (Å²) in [5.74, 6) is 1.65. The van der Waals surface area contributed by atoms with E-state index in [1.54, 1.807) is 0 Å². The molecule has 0 aromatic heterocycles. The fraction of sp³-hybridized carbons (Fsp3) is 0.188. The Morgan fingerprint density at radius 1 is 1.00 bits per heavy atom. The van der Waals surface area contributed by atoms with E-state index in [9.17, 15) is 0 Å². The molecule has 0 spiro atoms. The molecule has 0 heterocycles. The van der Waals surface area contributed by atoms with Crippen LogP contribution in [0.2, 0.25) is 0 Å². The maximum absolute atomic E-state index is 5.66. The smallest absolute Gasteiger partial charge is 0.133 e. The van der Waals surface area contributed by atoms with Gasteiger partial charge in [-0.25, -0.2) is 0 Å². The third-order valence-corrected chi connectivity index (χ3v) is 3.68. The minimum absolute atomic E-state index is 0.392. The molecule has 0 saturated carbocycles. The number of rotatable bonds is 7. The van der Waals surface area contributed by atoms with Crippen LogP contribution < -0.4 is 15.2 Å². The van der Waals surface area contributed by atoms with Crippen LogP contribution in [0.1, 0.15) is 12.0 Å². The predicted molar refractivity (Wildman–Crippen MR) is 92.1 cm³/mol. The van der Waals surface area contributed by atoms with E-state index >= 15 is 0 Å². The zero-order valence-corrected chi connectivity index (χ0v) is 13.8. The number of halogens is 1. The van der Waals surface area contributed by atoms with Crippen molar-refractivity contribution in [1.82, 2.24) is 0 Å². The molecule has 0 amide bonds. The first-order valence-electron chi connectivity index (χ1n) is 6.57. The van der Waals surface area contributed by atoms with Gasteiger partial charge in [-0.2, -0.15) is 0 Å². The van der Waals surface area contributed by atoms with Gasteiger partial charge in [0, 0.05) is 12.0 Å². The quantitative estimate of drug-likeness (QED) is 0.596. The minimum atomic E-state index is 0.392. The van der Waals surface area contributed by atoms with Gasteiger partial charge >= 0.3 is 0 Å². The summed E-state index contributed by atoms with van der Waals surface area (Å²) in [5, 5.41) is 0. The normalized spacial score (nSPS) is 10.1. The van der Waals surface area contributed by atoms with Gasteiger partial charge in [0.1, 0.15) is 16.5 Å². The Labute approximate surface area is 138 Å². The van der Waals surface area contributed by atoms with Crippen LogP contribution in [0.5, 0.6) is 11.5 Å². The highest BCUT2D eigenvalue weighted by atomic mass is 79.9. The highest BCUT2D eigenvalue weighted by Gasteiger charge is 2.00. The number of para-hydroxylation sites is 1. The van der Waals surface area contributed by atoms with Crippen molar-refractivity contribution in [3.05, 3.63) is 58.6 Å². The number of thiocarbonyl (C=S) groups is 1. The van der Waals surface area contributed by atoms with Gasteiger partial charge in [0.05, 0.1) is 17.7 Å². The lowest BCUT2D eigenvalue weighted by molar-refractivity contribution is 0.246. The van der Waals surface area contributed by atoms with Gasteiger partial charge < -0.3 is 15.2 Å². The van der Waals surface area contributed by atoms with Crippen LogP contribution in [-0.2, 0) is 0 Å². The lowest BCUT2D eigenvalue weighted by atomic mass is 10.2. The number of ether oxygens (including phenoxy) is 2. The largest absolute Gasteiger partial charge is 0.493 e. The van der Waals surface area contributed by atoms with E-state index in [1.807, 2.05) is 48.5 Å². The van der Waals surface area contributed by atoms with Crippen molar-refractivity contribution in [3.63, 3.8) is 0 Å². The van der Waals surface area contributed by atoms with Gasteiger partial charge in [0.25, 0.3) is 0 Å². The first kappa shape index (κ1) is 15.8. The third kappa shape index (κ3) is 5.02. The monoisotopic (exact) mass is 365 g/mol. The average molecular weight is 366 g/mol. The van der Waals surface area contributed by atoms with Crippen molar-refractivity contribution < 1.29 is 9.47 Å². The molecule has 0 bridgehead atoms. The first-order valence-corrected chi connectivity index (χ1v) is 7.77. The second-order valence-corrected chi connectivity index (χ2v) is 5.66. The van der Waals surface area contributed by atoms with Crippen molar-refractivity contribution in [2.75, 3.05) is 13.2 Å². The van der Waals surface area contributed by atoms with Crippen molar-refractivity contribution in [2.24, 2.45) is 5.73 Å². The van der Waals surface area contributed by atoms with E-state index in [1.165, 1.54) is 0 Å². The first-order chi connectivity index (χ1) is 10.2. The number of hydrogen-bond acceptors (Lipinski definition) is 3. The Balaban J connectivity index is 1.70. The Morgan fingerprint density at radius 3 is 2.33 bits per heavy atom. The maximum atomic E-state index is 5.66. The SMILES string of the molecule is NC(=S)c1ccc(OCCCOc2ccccc2Br)cc1. The summed E-state index contributed by atoms with van der Waals surface area (Å²) in [5.41, 5.74) is 6.38. The molecule has 0 unspecified atom stereocenters. The molecule has 0 fully saturated rings. The molecule has 2 aromatic carbocycles. The van der Waals surface area contributed by atoms with E-state index in [2.05, 4.69) is 15.9 Å². The summed E-state index contributed by atoms with van der Waals surface area (Å²) in [6.45, 7) is 1.20. The minimum Gasteiger partial charge on any atom is -0.493 e. The summed E-state index contributed by atoms with van der Waals surface area (Å²) in [4.78, 5) is 0.392. The average Bonchev–Trinajstić information content (AvgIpc) is 2.49. The maximum Gasteiger partial charge on any atom is 0.133 e. The highest BCUT2D eigenvalue weighted by Crippen LogP contribution is 2.23. The molecule has 2 N–H and O–H groups in total. The van der Waals surface area contributed by atoms with Crippen molar-refractivity contribution in [1.29, 1.82) is 0 Å². The molecule has 110 valence electrons. The van der Waals surface area contributed by atoms with E-state index in [0.717, 1.165) is 28.0 Å². The summed E-state index contributed by atoms with van der Waals surface area (Å²) < 4.78 is 12.3. The molecule has 2 aromatic rings. The van der Waals surface area contributed by atoms with Crippen LogP contribution in [0, 0.1) is 0 Å². The zero-order valence-electron chi connectivity index (χ0n) is 11.4. The summed E-state index contributed by atoms with van der Waals surface area (Å²) in [7, 11) is 0. The fourth-order valence-electron chi connectivity index (χ4n) is 1.71. The molecule has 3 nitrogen and oxygen atoms in total. The molecule has 0 aliphatic rings. The topological polar surface area (TPSA) is 44.5 Å². The lowest BCUT2D eigenvalue weighted by Crippen LogP contribution is -2.09. The molecule has 0 atom stereocenters. The van der Waals surface area contributed by atoms with E-state index in [4.69, 9.17) is 27.4 Å². The second-order valence-electron chi connectivity index (χ2n) is 4.37. The van der Waals surface area contributed by atoms with Gasteiger partial charge in [-0.3, -0.25) is 0 Å². The molecule has 5 heteroatoms. The molecule has 0 aliphatic carbocycles. The van der Waals surface area contributed by atoms with E-state index in [0.29, 0.717) is 18.2 Å². The Kier molecular flexibility index (Phi) is 6.02. The van der Waals surface area contributed by atoms with E-state index < -0.39 is 0 Å². The summed E-state index contributed by atoms with van der Waals surface area (Å²) >= 11 is 8.34. The van der Waals surface area contributed by atoms with Gasteiger partial charge in [-0.15, -0.1) is 0 Å². The summed E-state index contributed by atoms with van der Waals surface area (Å²) in [6, 6.07) is 15.2. The van der Waals surface area contributed by atoms with Crippen LogP contribution >= 0.6 is 28.1 Å². The Hall–Kier alpha value is -1.59. The van der Waals surface area contributed by atoms with Gasteiger partial charge in [0.15, 0.2) is 0 Å². The third-order valence-electron chi connectivity index (χ3n) is 2.79. The predicted octanol–water partition coefficient (Wildman–Crippen LogP) is 3.93. The Morgan fingerprint density at radius 2 is 1.67 bits per heavy atom. The van der Waals surface area contributed by atoms with Crippen LogP contribution in [0.15, 0.2) is 53.0 Å². The standard InChI is InChI=1S/C16H16BrNO2S/c17-14-4-1-2-5-15(14)20-11-3-10-19-13-8-6-12(7-9-13)16(18)21/h1-2,4-9H,3,10-11H2,(H2,18,21). The second kappa shape index (κ2) is 8.00. The number of nitrogens with two attached hydrogens (primary N) is 1. The fourth-order valence-corrected chi connectivity index (χ4v) is 2.24. The highest BCUT2D eigenvalue weighted by molar-refractivity contribution is 9.10. The van der Waals surface area contributed by atoms with Crippen molar-refractivity contribution in [2.45, 2.75) is 6.42 Å². The van der Waals surface area contributed by atoms with Crippen molar-refractivity contribution >= 4 is 33.1 Å². The number of hydrogen-bond donors (Lipinski definition) is 1. The van der Waals surface area contributed by atoms with Crippen LogP contribution in [-0.4, -0.2) is 18.2 Å². The molecular weight excluding hydrogens is 350 g/mol. The van der Waals surface area contributed by atoms with Crippen molar-refractivity contribution in [3.8, 4) is 11.5 Å². The molecular formula is C16H16BrNO2S. The molecule has 21 heavy (non-hydrogen) atoms. The van der Waals surface area contributed by atoms with Crippen LogP contribution in [0.4, 0.5) is 0 Å². The Bertz CT molecular complexity index is 601. The molecule has 0 radical (unpaired) electrons. The van der Waals surface area contributed by atoms with Crippen LogP contribution in [0.25, 0.3) is 0 Å². The van der Waals surface area contributed by atoms with Gasteiger partial charge in [-0.1, -0.05) is 24.4 Å². The zero-order chi connectivity index (χ0) is 15.1. The summed E-state index contributed by atoms with van der Waals surface area (Å²) in [6.07, 6.45) is 0.804.